The van der Waals surface area contributed by atoms with Gasteiger partial charge in [0.25, 0.3) is 0 Å². The van der Waals surface area contributed by atoms with Crippen LogP contribution in [0.1, 0.15) is 41.0 Å². The Morgan fingerprint density at radius 1 is 1.40 bits per heavy atom. The Balaban J connectivity index is 2.11. The highest BCUT2D eigenvalue weighted by molar-refractivity contribution is 8.00. The molecule has 0 bridgehead atoms. The number of amides is 1. The molecule has 1 amide bonds. The molecule has 20 heavy (non-hydrogen) atoms. The van der Waals surface area contributed by atoms with Gasteiger partial charge in [0.15, 0.2) is 0 Å². The van der Waals surface area contributed by atoms with Gasteiger partial charge in [0.2, 0.25) is 0 Å². The van der Waals surface area contributed by atoms with Gasteiger partial charge in [-0.25, -0.2) is 4.79 Å². The van der Waals surface area contributed by atoms with Crippen molar-refractivity contribution in [1.29, 1.82) is 0 Å². The fraction of sp³-hybridized carbons (Fsp3) is 0.933. The van der Waals surface area contributed by atoms with Gasteiger partial charge in [0, 0.05) is 24.4 Å². The van der Waals surface area contributed by atoms with Crippen LogP contribution in [0.5, 0.6) is 0 Å². The molecule has 2 atom stereocenters. The summed E-state index contributed by atoms with van der Waals surface area (Å²) >= 11 is 2.02. The van der Waals surface area contributed by atoms with Crippen LogP contribution < -0.4 is 5.32 Å². The maximum Gasteiger partial charge on any atom is 0.410 e. The predicted octanol–water partition coefficient (Wildman–Crippen LogP) is 2.73. The Morgan fingerprint density at radius 3 is 2.65 bits per heavy atom. The summed E-state index contributed by atoms with van der Waals surface area (Å²) in [5.74, 6) is 1.73. The van der Waals surface area contributed by atoms with Crippen LogP contribution in [0, 0.1) is 5.92 Å². The maximum atomic E-state index is 12.5. The topological polar surface area (TPSA) is 41.6 Å². The molecule has 2 unspecified atom stereocenters. The van der Waals surface area contributed by atoms with Crippen LogP contribution in [0.4, 0.5) is 4.79 Å². The molecule has 1 N–H and O–H groups in total. The monoisotopic (exact) mass is 300 g/mol. The van der Waals surface area contributed by atoms with Crippen LogP contribution in [0.3, 0.4) is 0 Å². The number of carbonyl (C=O) groups excluding carboxylic acids is 1. The van der Waals surface area contributed by atoms with E-state index in [1.54, 1.807) is 0 Å². The van der Waals surface area contributed by atoms with Gasteiger partial charge in [-0.1, -0.05) is 13.8 Å². The van der Waals surface area contributed by atoms with E-state index in [0.29, 0.717) is 5.92 Å². The molecular formula is C15H28N2O2S. The lowest BCUT2D eigenvalue weighted by atomic mass is 9.84. The first-order chi connectivity index (χ1) is 9.21. The quantitative estimate of drug-likeness (QED) is 0.808. The summed E-state index contributed by atoms with van der Waals surface area (Å²) in [4.78, 5) is 14.4. The van der Waals surface area contributed by atoms with E-state index in [-0.39, 0.29) is 16.9 Å². The number of thioether (sulfide) groups is 1. The lowest BCUT2D eigenvalue weighted by Crippen LogP contribution is -2.59. The van der Waals surface area contributed by atoms with Gasteiger partial charge in [0.1, 0.15) is 5.60 Å². The van der Waals surface area contributed by atoms with E-state index in [2.05, 4.69) is 19.2 Å². The van der Waals surface area contributed by atoms with E-state index in [9.17, 15) is 4.79 Å². The van der Waals surface area contributed by atoms with Crippen molar-refractivity contribution in [3.63, 3.8) is 0 Å². The van der Waals surface area contributed by atoms with Crippen molar-refractivity contribution in [1.82, 2.24) is 10.2 Å². The third kappa shape index (κ3) is 3.61. The van der Waals surface area contributed by atoms with Gasteiger partial charge < -0.3 is 15.0 Å². The molecule has 0 spiro atoms. The Morgan fingerprint density at radius 2 is 2.10 bits per heavy atom. The van der Waals surface area contributed by atoms with E-state index >= 15 is 0 Å². The summed E-state index contributed by atoms with van der Waals surface area (Å²) in [6, 6.07) is 0.253. The van der Waals surface area contributed by atoms with E-state index in [1.807, 2.05) is 37.4 Å². The summed E-state index contributed by atoms with van der Waals surface area (Å²) in [5, 5.41) is 3.44. The summed E-state index contributed by atoms with van der Waals surface area (Å²) in [6.07, 6.45) is 1.03. The minimum atomic E-state index is -0.424. The number of nitrogens with zero attached hydrogens (tertiary/aromatic N) is 1. The molecule has 2 fully saturated rings. The van der Waals surface area contributed by atoms with Gasteiger partial charge in [0.05, 0.1) is 6.04 Å². The smallest absolute Gasteiger partial charge is 0.410 e. The third-order valence-corrected chi connectivity index (χ3v) is 5.66. The summed E-state index contributed by atoms with van der Waals surface area (Å²) in [6.45, 7) is 12.9. The first kappa shape index (κ1) is 16.0. The zero-order valence-electron chi connectivity index (χ0n) is 13.4. The van der Waals surface area contributed by atoms with Gasteiger partial charge in [-0.2, -0.15) is 11.8 Å². The molecule has 2 rings (SSSR count). The largest absolute Gasteiger partial charge is 0.444 e. The molecule has 0 aromatic carbocycles. The molecule has 0 aromatic heterocycles. The fourth-order valence-corrected chi connectivity index (χ4v) is 4.58. The van der Waals surface area contributed by atoms with Crippen LogP contribution in [-0.2, 0) is 4.74 Å². The molecular weight excluding hydrogens is 272 g/mol. The van der Waals surface area contributed by atoms with Gasteiger partial charge in [-0.15, -0.1) is 0 Å². The number of piperazine rings is 1. The Labute approximate surface area is 127 Å². The second kappa shape index (κ2) is 5.76. The molecule has 2 aliphatic heterocycles. The lowest BCUT2D eigenvalue weighted by Gasteiger charge is -2.43. The van der Waals surface area contributed by atoms with Gasteiger partial charge >= 0.3 is 6.09 Å². The van der Waals surface area contributed by atoms with Crippen molar-refractivity contribution in [2.45, 2.75) is 57.4 Å². The van der Waals surface area contributed by atoms with Crippen molar-refractivity contribution in [3.05, 3.63) is 0 Å². The van der Waals surface area contributed by atoms with Gasteiger partial charge in [-0.3, -0.25) is 0 Å². The molecule has 0 radical (unpaired) electrons. The maximum absolute atomic E-state index is 12.5. The molecule has 116 valence electrons. The van der Waals surface area contributed by atoms with Crippen molar-refractivity contribution >= 4 is 17.9 Å². The van der Waals surface area contributed by atoms with E-state index in [1.165, 1.54) is 12.2 Å². The van der Waals surface area contributed by atoms with E-state index in [0.717, 1.165) is 19.6 Å². The first-order valence-corrected chi connectivity index (χ1v) is 8.53. The van der Waals surface area contributed by atoms with Crippen LogP contribution >= 0.6 is 11.8 Å². The fourth-order valence-electron chi connectivity index (χ4n) is 3.19. The number of ether oxygens (including phenoxy) is 1. The summed E-state index contributed by atoms with van der Waals surface area (Å²) in [5.41, 5.74) is -0.424. The number of rotatable bonds is 1. The number of hydrogen-bond acceptors (Lipinski definition) is 4. The summed E-state index contributed by atoms with van der Waals surface area (Å²) in [7, 11) is 0. The second-order valence-corrected chi connectivity index (χ2v) is 9.04. The SMILES string of the molecule is CC(C)(C)OC(=O)N1CCNCC1C1CCSC1(C)C. The van der Waals surface area contributed by atoms with Crippen molar-refractivity contribution < 1.29 is 9.53 Å². The average Bonchev–Trinajstić information content (AvgIpc) is 2.66. The van der Waals surface area contributed by atoms with E-state index < -0.39 is 5.60 Å². The third-order valence-electron chi connectivity index (χ3n) is 4.17. The molecule has 2 saturated heterocycles. The van der Waals surface area contributed by atoms with Gasteiger partial charge in [-0.05, 0) is 38.9 Å². The predicted molar refractivity (Wildman–Crippen MR) is 84.2 cm³/mol. The number of nitrogens with one attached hydrogen (secondary N) is 1. The average molecular weight is 300 g/mol. The Kier molecular flexibility index (Phi) is 4.59. The molecule has 5 heteroatoms. The molecule has 2 aliphatic rings. The molecule has 4 nitrogen and oxygen atoms in total. The first-order valence-electron chi connectivity index (χ1n) is 7.55. The Hall–Kier alpha value is -0.420. The summed E-state index contributed by atoms with van der Waals surface area (Å²) < 4.78 is 5.83. The molecule has 0 saturated carbocycles. The number of hydrogen-bond donors (Lipinski definition) is 1. The van der Waals surface area contributed by atoms with Crippen molar-refractivity contribution in [2.75, 3.05) is 25.4 Å². The van der Waals surface area contributed by atoms with Crippen LogP contribution in [0.15, 0.2) is 0 Å². The molecule has 2 heterocycles. The highest BCUT2D eigenvalue weighted by Gasteiger charge is 2.45. The zero-order chi connectivity index (χ0) is 15.0. The second-order valence-electron chi connectivity index (χ2n) is 7.29. The zero-order valence-corrected chi connectivity index (χ0v) is 14.2. The standard InChI is InChI=1S/C15H28N2O2S/c1-14(2,3)19-13(18)17-8-7-16-10-12(17)11-6-9-20-15(11,4)5/h11-12,16H,6-10H2,1-5H3. The van der Waals surface area contributed by atoms with Crippen molar-refractivity contribution in [2.24, 2.45) is 5.92 Å². The molecule has 0 aromatic rings. The highest BCUT2D eigenvalue weighted by Crippen LogP contribution is 2.45. The van der Waals surface area contributed by atoms with Crippen LogP contribution in [-0.4, -0.2) is 52.8 Å². The van der Waals surface area contributed by atoms with Crippen LogP contribution in [0.2, 0.25) is 0 Å². The number of carbonyl (C=O) groups is 1. The molecule has 0 aliphatic carbocycles. The van der Waals surface area contributed by atoms with Crippen LogP contribution in [0.25, 0.3) is 0 Å². The normalized spacial score (nSPS) is 30.4. The van der Waals surface area contributed by atoms with E-state index in [4.69, 9.17) is 4.74 Å². The minimum Gasteiger partial charge on any atom is -0.444 e. The Bertz CT molecular complexity index is 365. The highest BCUT2D eigenvalue weighted by atomic mass is 32.2. The lowest BCUT2D eigenvalue weighted by molar-refractivity contribution is 0.00265. The minimum absolute atomic E-state index is 0.156. The van der Waals surface area contributed by atoms with Crippen molar-refractivity contribution in [3.8, 4) is 0 Å².